The van der Waals surface area contributed by atoms with Crippen molar-refractivity contribution >= 4 is 10.5 Å². The molecule has 1 aromatic rings. The Labute approximate surface area is 153 Å². The van der Waals surface area contributed by atoms with Crippen molar-refractivity contribution in [2.75, 3.05) is 0 Å². The number of unbranched alkanes of at least 4 members (excludes halogenated alkanes) is 3. The third-order valence-corrected chi connectivity index (χ3v) is 3.98. The predicted octanol–water partition coefficient (Wildman–Crippen LogP) is 5.06. The van der Waals surface area contributed by atoms with E-state index in [0.717, 1.165) is 37.7 Å². The van der Waals surface area contributed by atoms with Crippen LogP contribution in [0.2, 0.25) is 0 Å². The number of rotatable bonds is 12. The van der Waals surface area contributed by atoms with Crippen LogP contribution in [0.3, 0.4) is 0 Å². The second-order valence-electron chi connectivity index (χ2n) is 6.78. The van der Waals surface area contributed by atoms with E-state index in [1.807, 2.05) is 27.7 Å². The minimum absolute atomic E-state index is 0.0246. The number of halogens is 2. The highest BCUT2D eigenvalue weighted by Gasteiger charge is 2.33. The molecule has 0 aromatic heterocycles. The Balaban J connectivity index is 2.36. The zero-order chi connectivity index (χ0) is 18.9. The Morgan fingerprint density at radius 2 is 1.52 bits per heavy atom. The molecule has 6 heteroatoms. The lowest BCUT2D eigenvalue weighted by atomic mass is 10.0. The van der Waals surface area contributed by atoms with E-state index in [1.54, 1.807) is 6.07 Å². The van der Waals surface area contributed by atoms with Gasteiger partial charge in [0.15, 0.2) is 11.6 Å². The van der Waals surface area contributed by atoms with Gasteiger partial charge in [0.25, 0.3) is 16.5 Å². The van der Waals surface area contributed by atoms with E-state index in [0.29, 0.717) is 6.42 Å². The fourth-order valence-electron chi connectivity index (χ4n) is 2.68. The van der Waals surface area contributed by atoms with Gasteiger partial charge in [-0.3, -0.25) is 0 Å². The monoisotopic (exact) mass is 371 g/mol. The first kappa shape index (κ1) is 22.2. The molecule has 25 heavy (non-hydrogen) atoms. The molecule has 0 saturated carbocycles. The smallest absolute Gasteiger partial charge is 0.273 e. The molecule has 1 aromatic carbocycles. The molecule has 3 nitrogen and oxygen atoms in total. The van der Waals surface area contributed by atoms with Crippen molar-refractivity contribution in [3.63, 3.8) is 0 Å². The second kappa shape index (κ2) is 11.0. The highest BCUT2D eigenvalue weighted by Crippen LogP contribution is 2.26. The van der Waals surface area contributed by atoms with Crippen LogP contribution in [0.15, 0.2) is 18.2 Å². The van der Waals surface area contributed by atoms with E-state index in [4.69, 9.17) is 13.9 Å². The van der Waals surface area contributed by atoms with Crippen LogP contribution in [-0.4, -0.2) is 28.7 Å². The fourth-order valence-corrected chi connectivity index (χ4v) is 2.88. The fraction of sp³-hybridized carbons (Fsp3) is 0.684. The summed E-state index contributed by atoms with van der Waals surface area (Å²) < 4.78 is 43.1. The van der Waals surface area contributed by atoms with Crippen molar-refractivity contribution in [2.45, 2.75) is 84.4 Å². The Morgan fingerprint density at radius 3 is 2.04 bits per heavy atom. The highest BCUT2D eigenvalue weighted by molar-refractivity contribution is 5.98. The minimum Gasteiger partial charge on any atom is -0.371 e. The summed E-state index contributed by atoms with van der Waals surface area (Å²) >= 11 is 0. The molecule has 0 unspecified atom stereocenters. The number of ether oxygens (including phenoxy) is 2. The molecule has 0 N–H and O–H groups in total. The van der Waals surface area contributed by atoms with Crippen LogP contribution in [0.5, 0.6) is 0 Å². The molecule has 0 atom stereocenters. The molecule has 0 aliphatic rings. The molecule has 0 fully saturated rings. The molecule has 3 radical (unpaired) electrons. The summed E-state index contributed by atoms with van der Waals surface area (Å²) in [6.07, 6.45) is 5.06. The van der Waals surface area contributed by atoms with E-state index in [-0.39, 0.29) is 12.2 Å². The molecule has 0 heterocycles. The van der Waals surface area contributed by atoms with Crippen LogP contribution in [-0.2, 0) is 20.3 Å². The van der Waals surface area contributed by atoms with Gasteiger partial charge >= 0.3 is 0 Å². The summed E-state index contributed by atoms with van der Waals surface area (Å²) in [4.78, 5) is 0. The van der Waals surface area contributed by atoms with Gasteiger partial charge in [0, 0.05) is 6.42 Å². The van der Waals surface area contributed by atoms with Crippen LogP contribution in [0.4, 0.5) is 8.78 Å². The van der Waals surface area contributed by atoms with E-state index in [9.17, 15) is 8.78 Å². The van der Waals surface area contributed by atoms with Crippen molar-refractivity contribution in [1.29, 1.82) is 0 Å². The normalized spacial score (nSPS) is 12.4. The zero-order valence-electron chi connectivity index (χ0n) is 15.6. The largest absolute Gasteiger partial charge is 0.371 e. The maximum atomic E-state index is 13.2. The summed E-state index contributed by atoms with van der Waals surface area (Å²) in [5.41, 5.74) is 0.822. The first-order chi connectivity index (χ1) is 11.8. The van der Waals surface area contributed by atoms with Crippen LogP contribution >= 0.6 is 0 Å². The van der Waals surface area contributed by atoms with Crippen LogP contribution in [0, 0.1) is 11.6 Å². The zero-order valence-corrected chi connectivity index (χ0v) is 16.6. The maximum absolute atomic E-state index is 13.2. The lowest BCUT2D eigenvalue weighted by molar-refractivity contribution is -0.369. The number of benzene rings is 1. The van der Waals surface area contributed by atoms with E-state index < -0.39 is 17.6 Å². The minimum atomic E-state index is -1.08. The average molecular weight is 372 g/mol. The van der Waals surface area contributed by atoms with Crippen molar-refractivity contribution in [3.05, 3.63) is 35.4 Å². The summed E-state index contributed by atoms with van der Waals surface area (Å²) in [5, 5.41) is 0. The topological polar surface area (TPSA) is 27.7 Å². The Kier molecular flexibility index (Phi) is 9.78. The van der Waals surface area contributed by atoms with Gasteiger partial charge in [-0.15, -0.1) is 0 Å². The molecule has 0 aliphatic carbocycles. The van der Waals surface area contributed by atoms with Gasteiger partial charge in [-0.2, -0.15) is 0 Å². The van der Waals surface area contributed by atoms with Gasteiger partial charge in [0.05, 0.1) is 12.2 Å². The first-order valence-electron chi connectivity index (χ1n) is 8.92. The van der Waals surface area contributed by atoms with Gasteiger partial charge in [0.2, 0.25) is 0 Å². The average Bonchev–Trinajstić information content (AvgIpc) is 2.52. The highest BCUT2D eigenvalue weighted by atomic mass is 28.2. The van der Waals surface area contributed by atoms with Crippen molar-refractivity contribution in [3.8, 4) is 0 Å². The van der Waals surface area contributed by atoms with Gasteiger partial charge in [-0.25, -0.2) is 8.78 Å². The van der Waals surface area contributed by atoms with E-state index >= 15 is 0 Å². The van der Waals surface area contributed by atoms with E-state index in [2.05, 4.69) is 10.5 Å². The maximum Gasteiger partial charge on any atom is 0.273 e. The molecule has 0 aliphatic heterocycles. The molecule has 1 rings (SSSR count). The van der Waals surface area contributed by atoms with Crippen molar-refractivity contribution < 1.29 is 22.7 Å². The third kappa shape index (κ3) is 8.40. The number of aryl methyl sites for hydroxylation is 1. The summed E-state index contributed by atoms with van der Waals surface area (Å²) in [6.45, 7) is 7.74. The van der Waals surface area contributed by atoms with Crippen LogP contribution in [0.1, 0.15) is 65.4 Å². The van der Waals surface area contributed by atoms with E-state index in [1.165, 1.54) is 12.1 Å². The summed E-state index contributed by atoms with van der Waals surface area (Å²) in [7, 11) is 3.09. The lowest BCUT2D eigenvalue weighted by Crippen LogP contribution is -2.42. The van der Waals surface area contributed by atoms with Crippen molar-refractivity contribution in [1.82, 2.24) is 0 Å². The van der Waals surface area contributed by atoms with Crippen molar-refractivity contribution in [2.24, 2.45) is 0 Å². The number of hydrogen-bond donors (Lipinski definition) is 0. The Bertz CT molecular complexity index is 499. The standard InChI is InChI=1S/C19H29F2O3Si/c1-14(2)22-19(24-25,23-15(3)4)12-8-6-5-7-9-16-10-11-17(20)18(21)13-16/h10-11,13-15H,5-9,12H2,1-4H3. The summed E-state index contributed by atoms with van der Waals surface area (Å²) in [6, 6.07) is 4.08. The third-order valence-electron chi connectivity index (χ3n) is 3.67. The second-order valence-corrected chi connectivity index (χ2v) is 6.99. The molecular formula is C19H29F2O3Si. The molecule has 0 spiro atoms. The quantitative estimate of drug-likeness (QED) is 0.292. The van der Waals surface area contributed by atoms with Crippen LogP contribution in [0.25, 0.3) is 0 Å². The Hall–Kier alpha value is -0.823. The Morgan fingerprint density at radius 1 is 0.920 bits per heavy atom. The molecule has 0 amide bonds. The lowest BCUT2D eigenvalue weighted by Gasteiger charge is -2.35. The van der Waals surface area contributed by atoms with Gasteiger partial charge in [0.1, 0.15) is 0 Å². The number of hydrogen-bond acceptors (Lipinski definition) is 3. The molecule has 141 valence electrons. The molecule has 0 saturated heterocycles. The van der Waals surface area contributed by atoms with Gasteiger partial charge in [-0.05, 0) is 64.7 Å². The van der Waals surface area contributed by atoms with Gasteiger partial charge < -0.3 is 13.9 Å². The summed E-state index contributed by atoms with van der Waals surface area (Å²) in [5.74, 6) is -2.67. The predicted molar refractivity (Wildman–Crippen MR) is 95.2 cm³/mol. The molecular weight excluding hydrogens is 342 g/mol. The van der Waals surface area contributed by atoms with Crippen LogP contribution < -0.4 is 0 Å². The first-order valence-corrected chi connectivity index (χ1v) is 9.33. The van der Waals surface area contributed by atoms with Gasteiger partial charge in [-0.1, -0.05) is 18.9 Å². The SMILES string of the molecule is CC(C)OC(CCCCCCc1ccc(F)c(F)c1)(O[Si])OC(C)C. The molecule has 0 bridgehead atoms.